The van der Waals surface area contributed by atoms with Crippen LogP contribution in [0.15, 0.2) is 52.9 Å². The first-order chi connectivity index (χ1) is 20.8. The Bertz CT molecular complexity index is 1460. The second-order valence-corrected chi connectivity index (χ2v) is 12.4. The molecular formula is C30H37N3O9S. The molecule has 0 bridgehead atoms. The molecular weight excluding hydrogens is 578 g/mol. The fraction of sp³-hybridized carbons (Fsp3) is 0.467. The van der Waals surface area contributed by atoms with Crippen LogP contribution in [0.2, 0.25) is 0 Å². The lowest BCUT2D eigenvalue weighted by molar-refractivity contribution is -0.140. The molecule has 12 nitrogen and oxygen atoms in total. The summed E-state index contributed by atoms with van der Waals surface area (Å²) in [4.78, 5) is 30.7. The lowest BCUT2D eigenvalue weighted by atomic mass is 9.95. The summed E-state index contributed by atoms with van der Waals surface area (Å²) in [7, 11) is -0.745. The molecule has 0 aromatic heterocycles. The maximum atomic E-state index is 13.5. The van der Waals surface area contributed by atoms with Gasteiger partial charge in [0.15, 0.2) is 11.5 Å². The Labute approximate surface area is 251 Å². The highest BCUT2D eigenvalue weighted by atomic mass is 32.2. The molecule has 1 atom stereocenters. The summed E-state index contributed by atoms with van der Waals surface area (Å²) < 4.78 is 49.1. The van der Waals surface area contributed by atoms with E-state index in [9.17, 15) is 23.1 Å². The van der Waals surface area contributed by atoms with Gasteiger partial charge in [0.05, 0.1) is 57.2 Å². The van der Waals surface area contributed by atoms with Crippen LogP contribution in [0.3, 0.4) is 0 Å². The van der Waals surface area contributed by atoms with E-state index in [0.29, 0.717) is 49.9 Å². The molecule has 5 rings (SSSR count). The standard InChI is InChI=1S/C30H37N3O9S/c1-39-24-9-6-22(20-25(24)40-2)27-26(29(35)30(36)33(27)11-3-10-31-12-16-41-17-13-31)28(34)21-4-7-23(8-5-21)43(37,38)32-14-18-42-19-15-32/h4-9,20,27,34H,3,10-19H2,1-2H3. The molecule has 3 fully saturated rings. The van der Waals surface area contributed by atoms with E-state index in [-0.39, 0.29) is 41.4 Å². The average Bonchev–Trinajstić information content (AvgIpc) is 3.30. The maximum Gasteiger partial charge on any atom is 0.295 e. The molecule has 1 N–H and O–H groups in total. The van der Waals surface area contributed by atoms with Crippen molar-refractivity contribution in [3.63, 3.8) is 0 Å². The number of Topliss-reactive ketones (excluding diaryl/α,β-unsaturated/α-hetero) is 1. The van der Waals surface area contributed by atoms with Gasteiger partial charge in [0.1, 0.15) is 5.76 Å². The molecule has 3 aliphatic heterocycles. The minimum Gasteiger partial charge on any atom is -0.507 e. The number of hydrogen-bond acceptors (Lipinski definition) is 10. The van der Waals surface area contributed by atoms with E-state index in [0.717, 1.165) is 19.6 Å². The molecule has 232 valence electrons. The topological polar surface area (TPSA) is 135 Å². The van der Waals surface area contributed by atoms with Gasteiger partial charge in [-0.3, -0.25) is 14.5 Å². The third-order valence-electron chi connectivity index (χ3n) is 7.98. The predicted octanol–water partition coefficient (Wildman–Crippen LogP) is 1.87. The number of methoxy groups -OCH3 is 2. The molecule has 0 spiro atoms. The first-order valence-electron chi connectivity index (χ1n) is 14.2. The van der Waals surface area contributed by atoms with Crippen LogP contribution in [0.25, 0.3) is 5.76 Å². The van der Waals surface area contributed by atoms with Crippen molar-refractivity contribution < 1.29 is 42.1 Å². The monoisotopic (exact) mass is 615 g/mol. The van der Waals surface area contributed by atoms with Crippen LogP contribution < -0.4 is 9.47 Å². The molecule has 1 amide bonds. The van der Waals surface area contributed by atoms with Gasteiger partial charge in [0.2, 0.25) is 10.0 Å². The molecule has 0 saturated carbocycles. The number of rotatable bonds is 10. The first kappa shape index (κ1) is 31.0. The SMILES string of the molecule is COc1ccc(C2C(=C(O)c3ccc(S(=O)(=O)N4CCOCC4)cc3)C(=O)C(=O)N2CCCN2CCOCC2)cc1OC. The summed E-state index contributed by atoms with van der Waals surface area (Å²) in [5, 5.41) is 11.5. The van der Waals surface area contributed by atoms with Crippen LogP contribution >= 0.6 is 0 Å². The highest BCUT2D eigenvalue weighted by molar-refractivity contribution is 7.89. The number of carbonyl (C=O) groups excluding carboxylic acids is 2. The fourth-order valence-corrected chi connectivity index (χ4v) is 7.05. The van der Waals surface area contributed by atoms with Crippen molar-refractivity contribution in [3.8, 4) is 11.5 Å². The molecule has 2 aromatic rings. The van der Waals surface area contributed by atoms with Crippen molar-refractivity contribution >= 4 is 27.5 Å². The maximum absolute atomic E-state index is 13.5. The third-order valence-corrected chi connectivity index (χ3v) is 9.89. The normalized spacial score (nSPS) is 21.7. The van der Waals surface area contributed by atoms with Gasteiger partial charge in [0, 0.05) is 44.8 Å². The number of ketones is 1. The molecule has 43 heavy (non-hydrogen) atoms. The molecule has 3 heterocycles. The van der Waals surface area contributed by atoms with Gasteiger partial charge in [0.25, 0.3) is 11.7 Å². The van der Waals surface area contributed by atoms with Crippen molar-refractivity contribution in [2.24, 2.45) is 0 Å². The number of benzene rings is 2. The van der Waals surface area contributed by atoms with Gasteiger partial charge in [-0.05, 0) is 48.4 Å². The number of ether oxygens (including phenoxy) is 4. The Hall–Kier alpha value is -3.49. The number of hydrogen-bond donors (Lipinski definition) is 1. The summed E-state index contributed by atoms with van der Waals surface area (Å²) in [6.07, 6.45) is 0.616. The molecule has 3 aliphatic rings. The molecule has 2 aromatic carbocycles. The average molecular weight is 616 g/mol. The van der Waals surface area contributed by atoms with Crippen molar-refractivity contribution in [2.45, 2.75) is 17.4 Å². The summed E-state index contributed by atoms with van der Waals surface area (Å²) in [5.74, 6) is -1.02. The highest BCUT2D eigenvalue weighted by Crippen LogP contribution is 2.42. The number of aliphatic hydroxyl groups excluding tert-OH is 1. The van der Waals surface area contributed by atoms with Crippen molar-refractivity contribution in [2.75, 3.05) is 79.9 Å². The van der Waals surface area contributed by atoms with Crippen molar-refractivity contribution in [1.29, 1.82) is 0 Å². The summed E-state index contributed by atoms with van der Waals surface area (Å²) in [6, 6.07) is 9.90. The van der Waals surface area contributed by atoms with Gasteiger partial charge in [-0.15, -0.1) is 0 Å². The minimum atomic E-state index is -3.75. The lowest BCUT2D eigenvalue weighted by Gasteiger charge is -2.29. The number of carbonyl (C=O) groups is 2. The Balaban J connectivity index is 1.49. The smallest absolute Gasteiger partial charge is 0.295 e. The summed E-state index contributed by atoms with van der Waals surface area (Å²) in [5.41, 5.74) is 0.710. The molecule has 13 heteroatoms. The van der Waals surface area contributed by atoms with Gasteiger partial charge in [-0.2, -0.15) is 4.31 Å². The number of sulfonamides is 1. The second-order valence-electron chi connectivity index (χ2n) is 10.5. The highest BCUT2D eigenvalue weighted by Gasteiger charge is 2.46. The van der Waals surface area contributed by atoms with E-state index in [1.54, 1.807) is 18.2 Å². The van der Waals surface area contributed by atoms with E-state index in [2.05, 4.69) is 4.90 Å². The number of morpholine rings is 2. The predicted molar refractivity (Wildman–Crippen MR) is 156 cm³/mol. The Kier molecular flexibility index (Phi) is 9.67. The quantitative estimate of drug-likeness (QED) is 0.240. The van der Waals surface area contributed by atoms with E-state index < -0.39 is 27.8 Å². The number of nitrogens with zero attached hydrogens (tertiary/aromatic N) is 3. The number of amides is 1. The van der Waals surface area contributed by atoms with Crippen LogP contribution in [0.4, 0.5) is 0 Å². The van der Waals surface area contributed by atoms with Crippen LogP contribution in [-0.2, 0) is 29.1 Å². The fourth-order valence-electron chi connectivity index (χ4n) is 5.65. The molecule has 3 saturated heterocycles. The van der Waals surface area contributed by atoms with E-state index in [1.807, 2.05) is 0 Å². The van der Waals surface area contributed by atoms with Gasteiger partial charge < -0.3 is 29.0 Å². The van der Waals surface area contributed by atoms with Gasteiger partial charge in [-0.1, -0.05) is 6.07 Å². The van der Waals surface area contributed by atoms with Gasteiger partial charge >= 0.3 is 0 Å². The largest absolute Gasteiger partial charge is 0.507 e. The molecule has 0 aliphatic carbocycles. The van der Waals surface area contributed by atoms with E-state index in [1.165, 1.54) is 47.7 Å². The zero-order valence-corrected chi connectivity index (χ0v) is 25.2. The zero-order chi connectivity index (χ0) is 30.6. The Morgan fingerprint density at radius 2 is 1.51 bits per heavy atom. The number of likely N-dealkylation sites (tertiary alicyclic amines) is 1. The van der Waals surface area contributed by atoms with Crippen molar-refractivity contribution in [1.82, 2.24) is 14.1 Å². The Morgan fingerprint density at radius 1 is 0.884 bits per heavy atom. The van der Waals surface area contributed by atoms with Crippen LogP contribution in [0, 0.1) is 0 Å². The minimum absolute atomic E-state index is 0.0611. The van der Waals surface area contributed by atoms with Crippen LogP contribution in [0.1, 0.15) is 23.6 Å². The van der Waals surface area contributed by atoms with Crippen LogP contribution in [0.5, 0.6) is 11.5 Å². The van der Waals surface area contributed by atoms with Crippen molar-refractivity contribution in [3.05, 3.63) is 59.2 Å². The molecule has 1 unspecified atom stereocenters. The first-order valence-corrected chi connectivity index (χ1v) is 15.7. The summed E-state index contributed by atoms with van der Waals surface area (Å²) >= 11 is 0. The summed E-state index contributed by atoms with van der Waals surface area (Å²) in [6.45, 7) is 5.07. The zero-order valence-electron chi connectivity index (χ0n) is 24.4. The Morgan fingerprint density at radius 3 is 2.14 bits per heavy atom. The second kappa shape index (κ2) is 13.4. The van der Waals surface area contributed by atoms with Gasteiger partial charge in [-0.25, -0.2) is 8.42 Å². The lowest BCUT2D eigenvalue weighted by Crippen LogP contribution is -2.40. The van der Waals surface area contributed by atoms with E-state index in [4.69, 9.17) is 18.9 Å². The van der Waals surface area contributed by atoms with Crippen LogP contribution in [-0.4, -0.2) is 119 Å². The molecule has 0 radical (unpaired) electrons. The third kappa shape index (κ3) is 6.41. The number of aliphatic hydroxyl groups is 1. The van der Waals surface area contributed by atoms with E-state index >= 15 is 0 Å².